The molecule has 0 bridgehead atoms. The van der Waals surface area contributed by atoms with E-state index in [0.717, 1.165) is 16.3 Å². The van der Waals surface area contributed by atoms with Crippen LogP contribution >= 0.6 is 11.3 Å². The molecule has 1 amide bonds. The van der Waals surface area contributed by atoms with E-state index in [-0.39, 0.29) is 11.7 Å². The molecule has 5 nitrogen and oxygen atoms in total. The van der Waals surface area contributed by atoms with Gasteiger partial charge in [-0.15, -0.1) is 11.3 Å². The number of carbonyl (C=O) groups is 2. The SMILES string of the molecule is CCOc1ccc(-c2nc(C(=O)Nc3ccccc3C(C)=O)cs2)cc1. The van der Waals surface area contributed by atoms with E-state index in [4.69, 9.17) is 4.74 Å². The van der Waals surface area contributed by atoms with Crippen molar-refractivity contribution in [3.8, 4) is 16.3 Å². The Balaban J connectivity index is 1.77. The third-order valence-electron chi connectivity index (χ3n) is 3.70. The summed E-state index contributed by atoms with van der Waals surface area (Å²) in [5.74, 6) is 0.355. The number of ether oxygens (including phenoxy) is 1. The first-order chi connectivity index (χ1) is 12.6. The zero-order chi connectivity index (χ0) is 18.5. The molecule has 0 aliphatic carbocycles. The largest absolute Gasteiger partial charge is 0.494 e. The maximum atomic E-state index is 12.5. The Hall–Kier alpha value is -2.99. The summed E-state index contributed by atoms with van der Waals surface area (Å²) in [7, 11) is 0. The van der Waals surface area contributed by atoms with E-state index < -0.39 is 0 Å². The van der Waals surface area contributed by atoms with Gasteiger partial charge in [-0.1, -0.05) is 12.1 Å². The molecule has 1 heterocycles. The van der Waals surface area contributed by atoms with Gasteiger partial charge in [0.25, 0.3) is 5.91 Å². The monoisotopic (exact) mass is 366 g/mol. The van der Waals surface area contributed by atoms with Gasteiger partial charge >= 0.3 is 0 Å². The molecule has 0 saturated heterocycles. The first-order valence-electron chi connectivity index (χ1n) is 8.18. The molecule has 0 unspecified atom stereocenters. The summed E-state index contributed by atoms with van der Waals surface area (Å²) in [5, 5.41) is 5.22. The molecule has 132 valence electrons. The van der Waals surface area contributed by atoms with Crippen molar-refractivity contribution in [2.24, 2.45) is 0 Å². The lowest BCUT2D eigenvalue weighted by Crippen LogP contribution is -2.14. The quantitative estimate of drug-likeness (QED) is 0.644. The zero-order valence-corrected chi connectivity index (χ0v) is 15.3. The highest BCUT2D eigenvalue weighted by molar-refractivity contribution is 7.13. The molecule has 6 heteroatoms. The van der Waals surface area contributed by atoms with Crippen molar-refractivity contribution >= 4 is 28.7 Å². The van der Waals surface area contributed by atoms with Crippen molar-refractivity contribution in [2.75, 3.05) is 11.9 Å². The van der Waals surface area contributed by atoms with Gasteiger partial charge in [-0.2, -0.15) is 0 Å². The van der Waals surface area contributed by atoms with Crippen LogP contribution in [-0.2, 0) is 0 Å². The van der Waals surface area contributed by atoms with Crippen LogP contribution in [0.2, 0.25) is 0 Å². The molecule has 0 saturated carbocycles. The molecule has 0 fully saturated rings. The number of Topliss-reactive ketones (excluding diaryl/α,β-unsaturated/α-hetero) is 1. The third kappa shape index (κ3) is 3.97. The summed E-state index contributed by atoms with van der Waals surface area (Å²) in [6.45, 7) is 4.02. The number of rotatable bonds is 6. The number of anilines is 1. The molecule has 26 heavy (non-hydrogen) atoms. The number of hydrogen-bond acceptors (Lipinski definition) is 5. The van der Waals surface area contributed by atoms with E-state index in [0.29, 0.717) is 23.6 Å². The van der Waals surface area contributed by atoms with E-state index in [9.17, 15) is 9.59 Å². The van der Waals surface area contributed by atoms with E-state index in [1.807, 2.05) is 31.2 Å². The molecule has 2 aromatic carbocycles. The maximum absolute atomic E-state index is 12.5. The fourth-order valence-corrected chi connectivity index (χ4v) is 3.26. The van der Waals surface area contributed by atoms with Gasteiger partial charge in [-0.05, 0) is 50.2 Å². The van der Waals surface area contributed by atoms with Gasteiger partial charge in [0.15, 0.2) is 5.78 Å². The topological polar surface area (TPSA) is 68.3 Å². The summed E-state index contributed by atoms with van der Waals surface area (Å²) < 4.78 is 5.43. The number of thiazole rings is 1. The van der Waals surface area contributed by atoms with Crippen LogP contribution in [0.5, 0.6) is 5.75 Å². The predicted octanol–water partition coefficient (Wildman–Crippen LogP) is 4.66. The van der Waals surface area contributed by atoms with E-state index in [2.05, 4.69) is 10.3 Å². The van der Waals surface area contributed by atoms with Crippen molar-refractivity contribution in [3.63, 3.8) is 0 Å². The number of nitrogens with zero attached hydrogens (tertiary/aromatic N) is 1. The van der Waals surface area contributed by atoms with Gasteiger partial charge in [0.1, 0.15) is 16.5 Å². The molecular weight excluding hydrogens is 348 g/mol. The molecule has 1 aromatic heterocycles. The normalized spacial score (nSPS) is 10.4. The Labute approximate surface area is 155 Å². The molecule has 0 aliphatic heterocycles. The molecular formula is C20H18N2O3S. The second-order valence-electron chi connectivity index (χ2n) is 5.55. The average Bonchev–Trinajstić information content (AvgIpc) is 3.13. The van der Waals surface area contributed by atoms with Crippen LogP contribution < -0.4 is 10.1 Å². The molecule has 0 radical (unpaired) electrons. The Kier molecular flexibility index (Phi) is 5.43. The fourth-order valence-electron chi connectivity index (χ4n) is 2.46. The van der Waals surface area contributed by atoms with E-state index in [1.165, 1.54) is 18.3 Å². The fraction of sp³-hybridized carbons (Fsp3) is 0.150. The summed E-state index contributed by atoms with van der Waals surface area (Å²) >= 11 is 1.39. The van der Waals surface area contributed by atoms with Gasteiger partial charge in [0.05, 0.1) is 12.3 Å². The number of hydrogen-bond donors (Lipinski definition) is 1. The highest BCUT2D eigenvalue weighted by Crippen LogP contribution is 2.26. The van der Waals surface area contributed by atoms with E-state index >= 15 is 0 Å². The number of nitrogens with one attached hydrogen (secondary N) is 1. The second-order valence-corrected chi connectivity index (χ2v) is 6.41. The van der Waals surface area contributed by atoms with Gasteiger partial charge in [0, 0.05) is 16.5 Å². The lowest BCUT2D eigenvalue weighted by molar-refractivity contribution is 0.101. The first kappa shape index (κ1) is 17.8. The summed E-state index contributed by atoms with van der Waals surface area (Å²) in [5.41, 5.74) is 2.20. The van der Waals surface area contributed by atoms with Crippen molar-refractivity contribution in [1.29, 1.82) is 0 Å². The highest BCUT2D eigenvalue weighted by Gasteiger charge is 2.15. The maximum Gasteiger partial charge on any atom is 0.275 e. The van der Waals surface area contributed by atoms with Crippen molar-refractivity contribution in [2.45, 2.75) is 13.8 Å². The minimum absolute atomic E-state index is 0.103. The Morgan fingerprint density at radius 2 is 1.85 bits per heavy atom. The summed E-state index contributed by atoms with van der Waals surface area (Å²) in [6.07, 6.45) is 0. The van der Waals surface area contributed by atoms with Crippen molar-refractivity contribution in [3.05, 3.63) is 65.2 Å². The summed E-state index contributed by atoms with van der Waals surface area (Å²) in [6, 6.07) is 14.5. The minimum Gasteiger partial charge on any atom is -0.494 e. The molecule has 0 aliphatic rings. The highest BCUT2D eigenvalue weighted by atomic mass is 32.1. The summed E-state index contributed by atoms with van der Waals surface area (Å²) in [4.78, 5) is 28.6. The lowest BCUT2D eigenvalue weighted by Gasteiger charge is -2.07. The zero-order valence-electron chi connectivity index (χ0n) is 14.5. The number of amides is 1. The minimum atomic E-state index is -0.341. The van der Waals surface area contributed by atoms with Gasteiger partial charge < -0.3 is 10.1 Å². The molecule has 1 N–H and O–H groups in total. The van der Waals surface area contributed by atoms with Crippen LogP contribution in [-0.4, -0.2) is 23.3 Å². The number of ketones is 1. The van der Waals surface area contributed by atoms with Crippen LogP contribution in [0.1, 0.15) is 34.7 Å². The number of aromatic nitrogens is 1. The second kappa shape index (κ2) is 7.93. The van der Waals surface area contributed by atoms with Crippen LogP contribution in [0.25, 0.3) is 10.6 Å². The standard InChI is InChI=1S/C20H18N2O3S/c1-3-25-15-10-8-14(9-11-15)20-22-18(12-26-20)19(24)21-17-7-5-4-6-16(17)13(2)23/h4-12H,3H2,1-2H3,(H,21,24). The predicted molar refractivity (Wildman–Crippen MR) is 103 cm³/mol. The van der Waals surface area contributed by atoms with Crippen LogP contribution in [0, 0.1) is 0 Å². The van der Waals surface area contributed by atoms with Crippen molar-refractivity contribution < 1.29 is 14.3 Å². The number of para-hydroxylation sites is 1. The molecule has 0 spiro atoms. The first-order valence-corrected chi connectivity index (χ1v) is 9.06. The average molecular weight is 366 g/mol. The van der Waals surface area contributed by atoms with Gasteiger partial charge in [-0.25, -0.2) is 4.98 Å². The van der Waals surface area contributed by atoms with Crippen LogP contribution in [0.4, 0.5) is 5.69 Å². The number of carbonyl (C=O) groups excluding carboxylic acids is 2. The van der Waals surface area contributed by atoms with Gasteiger partial charge in [0.2, 0.25) is 0 Å². The van der Waals surface area contributed by atoms with Crippen LogP contribution in [0.15, 0.2) is 53.9 Å². The third-order valence-corrected chi connectivity index (χ3v) is 4.60. The van der Waals surface area contributed by atoms with Crippen LogP contribution in [0.3, 0.4) is 0 Å². The molecule has 3 rings (SSSR count). The molecule has 0 atom stereocenters. The number of benzene rings is 2. The Morgan fingerprint density at radius 1 is 1.12 bits per heavy atom. The Morgan fingerprint density at radius 3 is 2.54 bits per heavy atom. The smallest absolute Gasteiger partial charge is 0.275 e. The lowest BCUT2D eigenvalue weighted by atomic mass is 10.1. The van der Waals surface area contributed by atoms with Gasteiger partial charge in [-0.3, -0.25) is 9.59 Å². The van der Waals surface area contributed by atoms with E-state index in [1.54, 1.807) is 29.6 Å². The van der Waals surface area contributed by atoms with Crippen molar-refractivity contribution in [1.82, 2.24) is 4.98 Å². The molecule has 3 aromatic rings. The Bertz CT molecular complexity index is 932.